The zero-order valence-electron chi connectivity index (χ0n) is 10.5. The number of carbonyl (C=O) groups is 1. The Morgan fingerprint density at radius 3 is 2.52 bits per heavy atom. The highest BCUT2D eigenvalue weighted by atomic mass is 127. The predicted molar refractivity (Wildman–Crippen MR) is 97.7 cm³/mol. The van der Waals surface area contributed by atoms with Crippen molar-refractivity contribution in [3.05, 3.63) is 60.0 Å². The van der Waals surface area contributed by atoms with Crippen molar-refractivity contribution in [2.75, 3.05) is 0 Å². The van der Waals surface area contributed by atoms with Crippen molar-refractivity contribution < 1.29 is 9.90 Å². The van der Waals surface area contributed by atoms with E-state index in [2.05, 4.69) is 65.0 Å². The van der Waals surface area contributed by atoms with Crippen molar-refractivity contribution in [2.45, 2.75) is 0 Å². The van der Waals surface area contributed by atoms with Gasteiger partial charge in [0.05, 0.1) is 15.2 Å². The second-order valence-corrected chi connectivity index (χ2v) is 7.00. The van der Waals surface area contributed by atoms with E-state index in [0.717, 1.165) is 9.13 Å². The number of halogens is 3. The van der Waals surface area contributed by atoms with Gasteiger partial charge in [-0.2, -0.15) is 5.10 Å². The van der Waals surface area contributed by atoms with Crippen LogP contribution >= 0.6 is 54.5 Å². The fourth-order valence-corrected chi connectivity index (χ4v) is 3.28. The van der Waals surface area contributed by atoms with Gasteiger partial charge in [-0.05, 0) is 90.3 Å². The van der Waals surface area contributed by atoms with Gasteiger partial charge in [0.1, 0.15) is 5.75 Å². The number of phenolic OH excluding ortho intramolecular Hbond substituents is 1. The van der Waals surface area contributed by atoms with Crippen molar-refractivity contribution in [1.82, 2.24) is 5.43 Å². The number of hydrazone groups is 1. The average molecular weight is 524 g/mol. The molecule has 0 fully saturated rings. The molecular formula is C14H9Br2IN2O2. The Balaban J connectivity index is 2.07. The van der Waals surface area contributed by atoms with Crippen molar-refractivity contribution in [3.63, 3.8) is 0 Å². The summed E-state index contributed by atoms with van der Waals surface area (Å²) in [6.45, 7) is 0. The molecule has 0 radical (unpaired) electrons. The molecule has 0 aliphatic carbocycles. The first-order valence-electron chi connectivity index (χ1n) is 5.74. The fraction of sp³-hybridized carbons (Fsp3) is 0. The smallest absolute Gasteiger partial charge is 0.271 e. The number of carbonyl (C=O) groups excluding carboxylic acids is 1. The van der Waals surface area contributed by atoms with Gasteiger partial charge in [0.2, 0.25) is 0 Å². The molecule has 0 unspecified atom stereocenters. The summed E-state index contributed by atoms with van der Waals surface area (Å²) in [5.41, 5.74) is 3.74. The largest absolute Gasteiger partial charge is 0.506 e. The van der Waals surface area contributed by atoms with Crippen LogP contribution in [0.5, 0.6) is 5.75 Å². The summed E-state index contributed by atoms with van der Waals surface area (Å²) in [6, 6.07) is 10.6. The molecule has 2 aromatic rings. The van der Waals surface area contributed by atoms with Crippen LogP contribution in [0.3, 0.4) is 0 Å². The number of hydrogen-bond donors (Lipinski definition) is 2. The number of amides is 1. The molecule has 7 heteroatoms. The molecule has 0 atom stereocenters. The second kappa shape index (κ2) is 7.37. The average Bonchev–Trinajstić information content (AvgIpc) is 2.44. The SMILES string of the molecule is O=C(N/N=C\c1cc(Br)c(O)c(Br)c1)c1cccc(I)c1. The van der Waals surface area contributed by atoms with Crippen molar-refractivity contribution in [3.8, 4) is 5.75 Å². The number of nitrogens with one attached hydrogen (secondary N) is 1. The Bertz CT molecular complexity index is 697. The van der Waals surface area contributed by atoms with Gasteiger partial charge in [-0.25, -0.2) is 5.43 Å². The zero-order chi connectivity index (χ0) is 15.4. The third-order valence-corrected chi connectivity index (χ3v) is 4.39. The van der Waals surface area contributed by atoms with Crippen LogP contribution in [-0.2, 0) is 0 Å². The summed E-state index contributed by atoms with van der Waals surface area (Å²) in [6.07, 6.45) is 1.50. The van der Waals surface area contributed by atoms with Crippen molar-refractivity contribution in [1.29, 1.82) is 0 Å². The highest BCUT2D eigenvalue weighted by molar-refractivity contribution is 14.1. The predicted octanol–water partition coefficient (Wildman–Crippen LogP) is 4.29. The number of rotatable bonds is 3. The van der Waals surface area contributed by atoms with E-state index in [1.807, 2.05) is 12.1 Å². The van der Waals surface area contributed by atoms with E-state index in [9.17, 15) is 9.90 Å². The molecule has 2 aromatic carbocycles. The quantitative estimate of drug-likeness (QED) is 0.358. The van der Waals surface area contributed by atoms with E-state index in [-0.39, 0.29) is 11.7 Å². The second-order valence-electron chi connectivity index (χ2n) is 4.04. The summed E-state index contributed by atoms with van der Waals surface area (Å²) in [7, 11) is 0. The molecule has 0 saturated carbocycles. The van der Waals surface area contributed by atoms with Gasteiger partial charge in [-0.15, -0.1) is 0 Å². The van der Waals surface area contributed by atoms with Gasteiger partial charge < -0.3 is 5.11 Å². The van der Waals surface area contributed by atoms with Crippen LogP contribution in [0.25, 0.3) is 0 Å². The first-order chi connectivity index (χ1) is 9.97. The highest BCUT2D eigenvalue weighted by Gasteiger charge is 2.06. The lowest BCUT2D eigenvalue weighted by Crippen LogP contribution is -2.17. The van der Waals surface area contributed by atoms with Crippen LogP contribution in [0.1, 0.15) is 15.9 Å². The minimum Gasteiger partial charge on any atom is -0.506 e. The Labute approximate surface area is 152 Å². The number of aromatic hydroxyl groups is 1. The number of hydrogen-bond acceptors (Lipinski definition) is 3. The summed E-state index contributed by atoms with van der Waals surface area (Å²) in [5.74, 6) is -0.156. The third kappa shape index (κ3) is 4.52. The minimum absolute atomic E-state index is 0.120. The van der Waals surface area contributed by atoms with E-state index in [1.54, 1.807) is 24.3 Å². The molecule has 0 aromatic heterocycles. The first-order valence-corrected chi connectivity index (χ1v) is 8.41. The van der Waals surface area contributed by atoms with Gasteiger partial charge in [-0.3, -0.25) is 4.79 Å². The van der Waals surface area contributed by atoms with Gasteiger partial charge in [0.25, 0.3) is 5.91 Å². The van der Waals surface area contributed by atoms with Crippen LogP contribution in [0.2, 0.25) is 0 Å². The van der Waals surface area contributed by atoms with E-state index >= 15 is 0 Å². The maximum Gasteiger partial charge on any atom is 0.271 e. The maximum absolute atomic E-state index is 11.9. The Morgan fingerprint density at radius 1 is 1.24 bits per heavy atom. The number of nitrogens with zero attached hydrogens (tertiary/aromatic N) is 1. The molecule has 108 valence electrons. The normalized spacial score (nSPS) is 10.8. The molecular weight excluding hydrogens is 515 g/mol. The fourth-order valence-electron chi connectivity index (χ4n) is 1.52. The first kappa shape index (κ1) is 16.4. The summed E-state index contributed by atoms with van der Waals surface area (Å²) >= 11 is 8.61. The molecule has 0 spiro atoms. The lowest BCUT2D eigenvalue weighted by atomic mass is 10.2. The molecule has 2 N–H and O–H groups in total. The summed E-state index contributed by atoms with van der Waals surface area (Å²) in [5, 5.41) is 13.5. The third-order valence-electron chi connectivity index (χ3n) is 2.51. The Morgan fingerprint density at radius 2 is 1.90 bits per heavy atom. The zero-order valence-corrected chi connectivity index (χ0v) is 15.8. The maximum atomic E-state index is 11.9. The topological polar surface area (TPSA) is 61.7 Å². The molecule has 1 amide bonds. The van der Waals surface area contributed by atoms with Crippen molar-refractivity contribution in [2.24, 2.45) is 5.10 Å². The molecule has 0 heterocycles. The van der Waals surface area contributed by atoms with Crippen LogP contribution in [0.4, 0.5) is 0 Å². The van der Waals surface area contributed by atoms with E-state index in [0.29, 0.717) is 14.5 Å². The van der Waals surface area contributed by atoms with E-state index in [1.165, 1.54) is 6.21 Å². The summed E-state index contributed by atoms with van der Waals surface area (Å²) < 4.78 is 2.07. The van der Waals surface area contributed by atoms with Gasteiger partial charge >= 0.3 is 0 Å². The molecule has 0 bridgehead atoms. The number of phenols is 1. The van der Waals surface area contributed by atoms with Gasteiger partial charge in [-0.1, -0.05) is 6.07 Å². The molecule has 21 heavy (non-hydrogen) atoms. The van der Waals surface area contributed by atoms with Crippen molar-refractivity contribution >= 4 is 66.6 Å². The molecule has 0 saturated heterocycles. The lowest BCUT2D eigenvalue weighted by Gasteiger charge is -2.02. The van der Waals surface area contributed by atoms with Gasteiger partial charge in [0, 0.05) is 9.13 Å². The van der Waals surface area contributed by atoms with Gasteiger partial charge in [0.15, 0.2) is 0 Å². The van der Waals surface area contributed by atoms with Crippen LogP contribution in [-0.4, -0.2) is 17.2 Å². The molecule has 2 rings (SSSR count). The van der Waals surface area contributed by atoms with E-state index < -0.39 is 0 Å². The molecule has 0 aliphatic heterocycles. The summed E-state index contributed by atoms with van der Waals surface area (Å²) in [4.78, 5) is 11.9. The Hall–Kier alpha value is -0.930. The molecule has 0 aliphatic rings. The number of benzene rings is 2. The molecule has 4 nitrogen and oxygen atoms in total. The monoisotopic (exact) mass is 522 g/mol. The van der Waals surface area contributed by atoms with Crippen LogP contribution in [0, 0.1) is 3.57 Å². The minimum atomic E-state index is -0.276. The lowest BCUT2D eigenvalue weighted by molar-refractivity contribution is 0.0955. The van der Waals surface area contributed by atoms with Crippen LogP contribution in [0.15, 0.2) is 50.4 Å². The van der Waals surface area contributed by atoms with E-state index in [4.69, 9.17) is 0 Å². The highest BCUT2D eigenvalue weighted by Crippen LogP contribution is 2.32. The van der Waals surface area contributed by atoms with Crippen LogP contribution < -0.4 is 5.43 Å². The standard InChI is InChI=1S/C14H9Br2IN2O2/c15-11-4-8(5-12(16)13(11)20)7-18-19-14(21)9-2-1-3-10(17)6-9/h1-7,20H,(H,19,21)/b18-7-. The Kier molecular flexibility index (Phi) is 5.77.